The summed E-state index contributed by atoms with van der Waals surface area (Å²) in [4.78, 5) is 34.2. The normalized spacial score (nSPS) is 20.8. The predicted molar refractivity (Wildman–Crippen MR) is 157 cm³/mol. The van der Waals surface area contributed by atoms with Crippen LogP contribution in [0.25, 0.3) is 22.0 Å². The quantitative estimate of drug-likeness (QED) is 0.210. The third kappa shape index (κ3) is 6.02. The van der Waals surface area contributed by atoms with Gasteiger partial charge < -0.3 is 19.3 Å². The van der Waals surface area contributed by atoms with Gasteiger partial charge in [0.2, 0.25) is 5.91 Å². The largest absolute Gasteiger partial charge is 0.417 e. The van der Waals surface area contributed by atoms with Crippen molar-refractivity contribution in [2.24, 2.45) is 0 Å². The number of methoxy groups -OCH3 is 1. The Morgan fingerprint density at radius 3 is 2.42 bits per heavy atom. The van der Waals surface area contributed by atoms with Crippen molar-refractivity contribution in [3.63, 3.8) is 0 Å². The molecule has 230 valence electrons. The number of hydrogen-bond donors (Lipinski definition) is 0. The van der Waals surface area contributed by atoms with Gasteiger partial charge in [0.15, 0.2) is 0 Å². The highest BCUT2D eigenvalue weighted by atomic mass is 32.2. The number of rotatable bonds is 7. The molecular weight excluding hydrogens is 588 g/mol. The molecule has 43 heavy (non-hydrogen) atoms. The van der Waals surface area contributed by atoms with Crippen LogP contribution in [0.5, 0.6) is 0 Å². The molecule has 13 heteroatoms. The van der Waals surface area contributed by atoms with Crippen LogP contribution in [0.15, 0.2) is 52.7 Å². The highest BCUT2D eigenvalue weighted by Gasteiger charge is 2.39. The van der Waals surface area contributed by atoms with E-state index in [1.807, 2.05) is 13.8 Å². The van der Waals surface area contributed by atoms with Gasteiger partial charge in [-0.1, -0.05) is 18.7 Å². The van der Waals surface area contributed by atoms with Crippen molar-refractivity contribution in [1.82, 2.24) is 14.5 Å². The minimum Gasteiger partial charge on any atom is -0.382 e. The zero-order valence-corrected chi connectivity index (χ0v) is 24.8. The molecule has 5 rings (SSSR count). The molecular formula is C30H32F4N4O4S. The van der Waals surface area contributed by atoms with Crippen LogP contribution in [-0.2, 0) is 27.0 Å². The van der Waals surface area contributed by atoms with Crippen molar-refractivity contribution >= 4 is 34.4 Å². The van der Waals surface area contributed by atoms with Crippen LogP contribution in [-0.4, -0.2) is 77.7 Å². The standard InChI is InChI=1S/C30H32F4N4O4S/c1-5-24(39)38-17(2)13-36(14-18(38)3)28-22-12-23(30(32,33)34)25(19-6-8-20(31)9-7-19)27-26(22)37(29(40)35-28)15-21(16-43-27)42-11-10-41-4/h5-9,12,17-18,21H,1,10-11,13-16H2,2-4H3/t17-,18+,21-/m1/s1. The van der Waals surface area contributed by atoms with Crippen LogP contribution in [0.3, 0.4) is 0 Å². The summed E-state index contributed by atoms with van der Waals surface area (Å²) in [7, 11) is 1.53. The zero-order chi connectivity index (χ0) is 31.1. The molecule has 1 saturated heterocycles. The van der Waals surface area contributed by atoms with Gasteiger partial charge in [0.25, 0.3) is 0 Å². The number of aromatic nitrogens is 2. The van der Waals surface area contributed by atoms with Gasteiger partial charge in [-0.15, -0.1) is 11.8 Å². The maximum atomic E-state index is 14.8. The fraction of sp³-hybridized carbons (Fsp3) is 0.433. The van der Waals surface area contributed by atoms with Crippen LogP contribution in [0.1, 0.15) is 19.4 Å². The summed E-state index contributed by atoms with van der Waals surface area (Å²) < 4.78 is 70.7. The average Bonchev–Trinajstić information content (AvgIpc) is 3.15. The molecule has 0 saturated carbocycles. The zero-order valence-electron chi connectivity index (χ0n) is 24.0. The van der Waals surface area contributed by atoms with E-state index in [1.54, 1.807) is 9.80 Å². The first-order valence-corrected chi connectivity index (χ1v) is 14.8. The summed E-state index contributed by atoms with van der Waals surface area (Å²) in [6.07, 6.45) is -4.05. The number of halogens is 4. The molecule has 0 spiro atoms. The Balaban J connectivity index is 1.76. The molecule has 0 radical (unpaired) electrons. The molecule has 0 bridgehead atoms. The molecule has 1 aromatic heterocycles. The van der Waals surface area contributed by atoms with Crippen molar-refractivity contribution in [3.8, 4) is 11.1 Å². The molecule has 1 amide bonds. The number of hydrogen-bond acceptors (Lipinski definition) is 7. The number of benzene rings is 2. The van der Waals surface area contributed by atoms with Crippen molar-refractivity contribution in [2.45, 2.75) is 49.7 Å². The van der Waals surface area contributed by atoms with E-state index in [0.29, 0.717) is 12.1 Å². The molecule has 3 atom stereocenters. The molecule has 3 aromatic rings. The smallest absolute Gasteiger partial charge is 0.382 e. The van der Waals surface area contributed by atoms with Gasteiger partial charge in [-0.3, -0.25) is 9.36 Å². The van der Waals surface area contributed by atoms with Crippen LogP contribution >= 0.6 is 11.8 Å². The highest BCUT2D eigenvalue weighted by molar-refractivity contribution is 7.99. The lowest BCUT2D eigenvalue weighted by molar-refractivity contribution is -0.137. The van der Waals surface area contributed by atoms with E-state index >= 15 is 0 Å². The van der Waals surface area contributed by atoms with E-state index < -0.39 is 29.4 Å². The van der Waals surface area contributed by atoms with E-state index in [-0.39, 0.29) is 77.2 Å². The molecule has 0 N–H and O–H groups in total. The number of carbonyl (C=O) groups excluding carboxylic acids is 1. The topological polar surface area (TPSA) is 76.9 Å². The minimum atomic E-state index is -4.77. The van der Waals surface area contributed by atoms with E-state index in [9.17, 15) is 27.2 Å². The number of anilines is 1. The summed E-state index contributed by atoms with van der Waals surface area (Å²) in [5, 5.41) is 0.167. The first-order chi connectivity index (χ1) is 20.4. The fourth-order valence-electron chi connectivity index (χ4n) is 5.94. The lowest BCUT2D eigenvalue weighted by atomic mass is 9.96. The molecule has 2 aliphatic rings. The molecule has 2 aromatic carbocycles. The number of alkyl halides is 3. The Hall–Kier alpha value is -3.42. The SMILES string of the molecule is C=CC(=O)N1[C@H](C)CN(c2nc(=O)n3c4c(c(-c5ccc(F)cc5)c(C(F)(F)F)cc24)SC[C@H](OCCOC)C3)C[C@@H]1C. The number of nitrogens with zero attached hydrogens (tertiary/aromatic N) is 4. The summed E-state index contributed by atoms with van der Waals surface area (Å²) in [6.45, 7) is 8.37. The average molecular weight is 621 g/mol. The van der Waals surface area contributed by atoms with E-state index in [0.717, 1.165) is 18.2 Å². The van der Waals surface area contributed by atoms with Crippen molar-refractivity contribution in [1.29, 1.82) is 0 Å². The molecule has 2 aliphatic heterocycles. The highest BCUT2D eigenvalue weighted by Crippen LogP contribution is 2.48. The van der Waals surface area contributed by atoms with E-state index in [2.05, 4.69) is 11.6 Å². The maximum Gasteiger partial charge on any atom is 0.417 e. The third-order valence-electron chi connectivity index (χ3n) is 7.73. The number of amides is 1. The lowest BCUT2D eigenvalue weighted by Gasteiger charge is -2.44. The molecule has 8 nitrogen and oxygen atoms in total. The molecule has 0 unspecified atom stereocenters. The van der Waals surface area contributed by atoms with Crippen LogP contribution in [0.2, 0.25) is 0 Å². The van der Waals surface area contributed by atoms with Gasteiger partial charge in [0, 0.05) is 53.9 Å². The van der Waals surface area contributed by atoms with Gasteiger partial charge in [0.05, 0.1) is 36.9 Å². The first kappa shape index (κ1) is 31.0. The third-order valence-corrected chi connectivity index (χ3v) is 8.95. The van der Waals surface area contributed by atoms with Crippen LogP contribution in [0, 0.1) is 5.82 Å². The molecule has 3 heterocycles. The van der Waals surface area contributed by atoms with Gasteiger partial charge in [-0.25, -0.2) is 9.18 Å². The predicted octanol–water partition coefficient (Wildman–Crippen LogP) is 4.97. The second-order valence-corrected chi connectivity index (χ2v) is 11.7. The Morgan fingerprint density at radius 2 is 1.81 bits per heavy atom. The van der Waals surface area contributed by atoms with Gasteiger partial charge >= 0.3 is 11.9 Å². The second-order valence-electron chi connectivity index (χ2n) is 10.7. The van der Waals surface area contributed by atoms with E-state index in [4.69, 9.17) is 9.47 Å². The van der Waals surface area contributed by atoms with Crippen LogP contribution in [0.4, 0.5) is 23.4 Å². The number of carbonyl (C=O) groups is 1. The number of piperazine rings is 1. The van der Waals surface area contributed by atoms with Gasteiger partial charge in [-0.2, -0.15) is 18.2 Å². The summed E-state index contributed by atoms with van der Waals surface area (Å²) in [5.41, 5.74) is -1.18. The van der Waals surface area contributed by atoms with Crippen molar-refractivity contribution in [2.75, 3.05) is 44.1 Å². The maximum absolute atomic E-state index is 14.8. The number of thioether (sulfide) groups is 1. The Bertz CT molecular complexity index is 1580. The summed E-state index contributed by atoms with van der Waals surface area (Å²) >= 11 is 1.17. The minimum absolute atomic E-state index is 0.0783. The Kier molecular flexibility index (Phi) is 8.87. The molecule has 1 fully saturated rings. The van der Waals surface area contributed by atoms with Crippen molar-refractivity contribution < 1.29 is 31.8 Å². The Morgan fingerprint density at radius 1 is 1.14 bits per heavy atom. The van der Waals surface area contributed by atoms with Gasteiger partial charge in [-0.05, 0) is 43.7 Å². The van der Waals surface area contributed by atoms with E-state index in [1.165, 1.54) is 41.6 Å². The summed E-state index contributed by atoms with van der Waals surface area (Å²) in [6, 6.07) is 5.24. The van der Waals surface area contributed by atoms with Crippen molar-refractivity contribution in [3.05, 3.63) is 64.9 Å². The Labute approximate surface area is 250 Å². The number of ether oxygens (including phenoxy) is 2. The fourth-order valence-corrected chi connectivity index (χ4v) is 7.22. The lowest BCUT2D eigenvalue weighted by Crippen LogP contribution is -2.58. The summed E-state index contributed by atoms with van der Waals surface area (Å²) in [5.74, 6) is -0.442. The van der Waals surface area contributed by atoms with Crippen LogP contribution < -0.4 is 10.6 Å². The second kappa shape index (κ2) is 12.3. The monoisotopic (exact) mass is 620 g/mol. The van der Waals surface area contributed by atoms with Gasteiger partial charge in [0.1, 0.15) is 11.6 Å². The molecule has 0 aliphatic carbocycles. The first-order valence-electron chi connectivity index (χ1n) is 13.8.